The number of hydrogen-bond donors (Lipinski definition) is 0. The molecular weight excluding hydrogens is 877 g/mol. The lowest BCUT2D eigenvalue weighted by Crippen LogP contribution is -2.30. The summed E-state index contributed by atoms with van der Waals surface area (Å²) in [5.41, 5.74) is 0. The Morgan fingerprint density at radius 2 is 0.493 bits per heavy atom. The van der Waals surface area contributed by atoms with Crippen molar-refractivity contribution in [1.82, 2.24) is 0 Å². The van der Waals surface area contributed by atoms with Crippen LogP contribution in [0.4, 0.5) is 0 Å². The van der Waals surface area contributed by atoms with Crippen molar-refractivity contribution in [2.24, 2.45) is 0 Å². The summed E-state index contributed by atoms with van der Waals surface area (Å²) in [5, 5.41) is 0. The van der Waals surface area contributed by atoms with Crippen LogP contribution in [-0.2, 0) is 28.6 Å². The number of allylic oxidation sites excluding steroid dienone is 4. The fourth-order valence-electron chi connectivity index (χ4n) is 9.62. The minimum atomic E-state index is -0.772. The van der Waals surface area contributed by atoms with Crippen molar-refractivity contribution in [3.05, 3.63) is 24.3 Å². The van der Waals surface area contributed by atoms with Gasteiger partial charge >= 0.3 is 17.9 Å². The van der Waals surface area contributed by atoms with Gasteiger partial charge < -0.3 is 14.2 Å². The Hall–Kier alpha value is -2.11. The normalized spacial score (nSPS) is 12.1. The van der Waals surface area contributed by atoms with E-state index in [1.165, 1.54) is 244 Å². The molecule has 418 valence electrons. The predicted octanol–water partition coefficient (Wildman–Crippen LogP) is 21.4. The summed E-state index contributed by atoms with van der Waals surface area (Å²) in [6, 6.07) is 0. The van der Waals surface area contributed by atoms with Crippen molar-refractivity contribution in [2.75, 3.05) is 13.2 Å². The number of esters is 3. The van der Waals surface area contributed by atoms with Gasteiger partial charge in [0.1, 0.15) is 13.2 Å². The molecule has 0 spiro atoms. The molecule has 0 aromatic rings. The lowest BCUT2D eigenvalue weighted by molar-refractivity contribution is -0.167. The first-order valence-corrected chi connectivity index (χ1v) is 31.8. The van der Waals surface area contributed by atoms with E-state index in [4.69, 9.17) is 14.2 Å². The molecule has 6 nitrogen and oxygen atoms in total. The number of carbonyl (C=O) groups excluding carboxylic acids is 3. The Labute approximate surface area is 443 Å². The van der Waals surface area contributed by atoms with Crippen LogP contribution in [0.3, 0.4) is 0 Å². The van der Waals surface area contributed by atoms with Crippen molar-refractivity contribution >= 4 is 17.9 Å². The molecule has 0 aliphatic heterocycles. The maximum Gasteiger partial charge on any atom is 0.306 e. The number of rotatable bonds is 59. The summed E-state index contributed by atoms with van der Waals surface area (Å²) in [5.74, 6) is -0.860. The van der Waals surface area contributed by atoms with Crippen LogP contribution in [0.15, 0.2) is 24.3 Å². The smallest absolute Gasteiger partial charge is 0.306 e. The molecule has 0 saturated carbocycles. The summed E-state index contributed by atoms with van der Waals surface area (Å²) in [7, 11) is 0. The lowest BCUT2D eigenvalue weighted by Gasteiger charge is -2.18. The van der Waals surface area contributed by atoms with Crippen LogP contribution in [0.2, 0.25) is 0 Å². The van der Waals surface area contributed by atoms with Gasteiger partial charge in [-0.3, -0.25) is 14.4 Å². The molecule has 0 N–H and O–H groups in total. The first-order valence-electron chi connectivity index (χ1n) is 31.8. The van der Waals surface area contributed by atoms with Crippen LogP contribution in [0.25, 0.3) is 0 Å². The van der Waals surface area contributed by atoms with Gasteiger partial charge in [0.25, 0.3) is 0 Å². The van der Waals surface area contributed by atoms with E-state index < -0.39 is 6.10 Å². The zero-order chi connectivity index (χ0) is 51.4. The van der Waals surface area contributed by atoms with Gasteiger partial charge in [-0.15, -0.1) is 0 Å². The Kier molecular flexibility index (Phi) is 58.6. The van der Waals surface area contributed by atoms with Crippen molar-refractivity contribution in [3.63, 3.8) is 0 Å². The van der Waals surface area contributed by atoms with E-state index in [1.54, 1.807) is 0 Å². The van der Waals surface area contributed by atoms with Crippen LogP contribution in [0.1, 0.15) is 355 Å². The summed E-state index contributed by atoms with van der Waals surface area (Å²) < 4.78 is 16.9. The molecular formula is C65H122O6. The molecule has 71 heavy (non-hydrogen) atoms. The van der Waals surface area contributed by atoms with E-state index in [2.05, 4.69) is 45.1 Å². The van der Waals surface area contributed by atoms with E-state index >= 15 is 0 Å². The highest BCUT2D eigenvalue weighted by Crippen LogP contribution is 2.18. The van der Waals surface area contributed by atoms with Gasteiger partial charge in [0.05, 0.1) is 0 Å². The second-order valence-electron chi connectivity index (χ2n) is 21.7. The molecule has 1 atom stereocenters. The third kappa shape index (κ3) is 58.7. The average molecular weight is 1000 g/mol. The van der Waals surface area contributed by atoms with Gasteiger partial charge in [0.2, 0.25) is 0 Å². The van der Waals surface area contributed by atoms with E-state index in [0.29, 0.717) is 19.3 Å². The van der Waals surface area contributed by atoms with E-state index in [1.807, 2.05) is 0 Å². The van der Waals surface area contributed by atoms with Crippen LogP contribution < -0.4 is 0 Å². The van der Waals surface area contributed by atoms with Crippen LogP contribution in [-0.4, -0.2) is 37.2 Å². The first-order chi connectivity index (χ1) is 35.0. The fraction of sp³-hybridized carbons (Fsp3) is 0.892. The second-order valence-corrected chi connectivity index (χ2v) is 21.7. The lowest BCUT2D eigenvalue weighted by atomic mass is 10.0. The van der Waals surface area contributed by atoms with Crippen molar-refractivity contribution in [1.29, 1.82) is 0 Å². The maximum absolute atomic E-state index is 12.9. The third-order valence-corrected chi connectivity index (χ3v) is 14.4. The average Bonchev–Trinajstić information content (AvgIpc) is 3.37. The highest BCUT2D eigenvalue weighted by molar-refractivity contribution is 5.71. The van der Waals surface area contributed by atoms with Crippen LogP contribution in [0.5, 0.6) is 0 Å². The summed E-state index contributed by atoms with van der Waals surface area (Å²) in [4.78, 5) is 38.2. The maximum atomic E-state index is 12.9. The van der Waals surface area contributed by atoms with Crippen LogP contribution >= 0.6 is 0 Å². The van der Waals surface area contributed by atoms with E-state index in [9.17, 15) is 14.4 Å². The zero-order valence-corrected chi connectivity index (χ0v) is 48.0. The van der Waals surface area contributed by atoms with Gasteiger partial charge in [-0.2, -0.15) is 0 Å². The molecule has 0 rings (SSSR count). The Balaban J connectivity index is 4.18. The first kappa shape index (κ1) is 68.9. The van der Waals surface area contributed by atoms with Crippen LogP contribution in [0, 0.1) is 0 Å². The van der Waals surface area contributed by atoms with Gasteiger partial charge in [-0.05, 0) is 64.2 Å². The second kappa shape index (κ2) is 60.4. The highest BCUT2D eigenvalue weighted by Gasteiger charge is 2.19. The predicted molar refractivity (Wildman–Crippen MR) is 307 cm³/mol. The van der Waals surface area contributed by atoms with Crippen molar-refractivity contribution in [2.45, 2.75) is 361 Å². The monoisotopic (exact) mass is 999 g/mol. The zero-order valence-electron chi connectivity index (χ0n) is 48.0. The largest absolute Gasteiger partial charge is 0.462 e. The Bertz CT molecular complexity index is 1150. The van der Waals surface area contributed by atoms with E-state index in [0.717, 1.165) is 70.6 Å². The molecule has 0 aliphatic carbocycles. The molecule has 0 aromatic carbocycles. The molecule has 0 bridgehead atoms. The number of ether oxygens (including phenoxy) is 3. The van der Waals surface area contributed by atoms with Gasteiger partial charge in [-0.1, -0.05) is 295 Å². The van der Waals surface area contributed by atoms with Gasteiger partial charge in [0.15, 0.2) is 6.10 Å². The molecule has 0 aliphatic rings. The standard InChI is InChI=1S/C65H122O6/c1-4-7-10-13-16-19-22-24-26-28-30-31-32-33-34-36-37-39-41-43-46-49-52-55-58-64(67)70-61-62(60-69-63(66)57-54-51-48-45-21-18-15-12-9-6-3)71-65(68)59-56-53-50-47-44-42-40-38-35-29-27-25-23-20-17-14-11-8-5-2/h12,15,25,27,62H,4-11,13-14,16-24,26,28-61H2,1-3H3/b15-12-,27-25-. The summed E-state index contributed by atoms with van der Waals surface area (Å²) >= 11 is 0. The van der Waals surface area contributed by atoms with Crippen molar-refractivity contribution in [3.8, 4) is 0 Å². The third-order valence-electron chi connectivity index (χ3n) is 14.4. The Morgan fingerprint density at radius 3 is 0.761 bits per heavy atom. The SMILES string of the molecule is CCC/C=C\CCCCCCCC(=O)OCC(COC(=O)CCCCCCCCCCCCCCCCCCCCCCCCCC)OC(=O)CCCCCCCCCCC/C=C\CCCCCCCC. The highest BCUT2D eigenvalue weighted by atomic mass is 16.6. The van der Waals surface area contributed by atoms with Crippen molar-refractivity contribution < 1.29 is 28.6 Å². The summed E-state index contributed by atoms with van der Waals surface area (Å²) in [6.07, 6.45) is 72.0. The molecule has 0 fully saturated rings. The molecule has 0 heterocycles. The molecule has 1 unspecified atom stereocenters. The number of unbranched alkanes of at least 4 members (excludes halogenated alkanes) is 44. The molecule has 0 saturated heterocycles. The van der Waals surface area contributed by atoms with Gasteiger partial charge in [0, 0.05) is 19.3 Å². The fourth-order valence-corrected chi connectivity index (χ4v) is 9.62. The summed E-state index contributed by atoms with van der Waals surface area (Å²) in [6.45, 7) is 6.63. The van der Waals surface area contributed by atoms with Gasteiger partial charge in [-0.25, -0.2) is 0 Å². The molecule has 0 aromatic heterocycles. The van der Waals surface area contributed by atoms with E-state index in [-0.39, 0.29) is 31.1 Å². The number of carbonyl (C=O) groups is 3. The minimum Gasteiger partial charge on any atom is -0.462 e. The quantitative estimate of drug-likeness (QED) is 0.0261. The molecule has 0 radical (unpaired) electrons. The molecule has 0 amide bonds. The topological polar surface area (TPSA) is 78.9 Å². The minimum absolute atomic E-state index is 0.0700. The molecule has 6 heteroatoms. The number of hydrogen-bond acceptors (Lipinski definition) is 6. The Morgan fingerprint density at radius 1 is 0.268 bits per heavy atom.